The van der Waals surface area contributed by atoms with E-state index < -0.39 is 0 Å². The Labute approximate surface area is 130 Å². The van der Waals surface area contributed by atoms with Crippen molar-refractivity contribution in [1.82, 2.24) is 4.98 Å². The molecule has 0 radical (unpaired) electrons. The normalized spacial score (nSPS) is 11.5. The number of guanidine groups is 1. The quantitative estimate of drug-likeness (QED) is 0.658. The van der Waals surface area contributed by atoms with Gasteiger partial charge in [-0.05, 0) is 36.1 Å². The minimum Gasteiger partial charge on any atom is -0.370 e. The largest absolute Gasteiger partial charge is 0.370 e. The van der Waals surface area contributed by atoms with Crippen molar-refractivity contribution in [2.24, 2.45) is 10.7 Å². The third kappa shape index (κ3) is 3.81. The van der Waals surface area contributed by atoms with Crippen molar-refractivity contribution >= 4 is 11.6 Å². The van der Waals surface area contributed by atoms with E-state index in [0.717, 1.165) is 18.5 Å². The summed E-state index contributed by atoms with van der Waals surface area (Å²) >= 11 is 0. The molecule has 0 aliphatic heterocycles. The van der Waals surface area contributed by atoms with Crippen LogP contribution >= 0.6 is 0 Å². The van der Waals surface area contributed by atoms with E-state index in [2.05, 4.69) is 41.3 Å². The lowest BCUT2D eigenvalue weighted by Crippen LogP contribution is -2.24. The summed E-state index contributed by atoms with van der Waals surface area (Å²) in [5.74, 6) is -0.108. The zero-order chi connectivity index (χ0) is 15.9. The van der Waals surface area contributed by atoms with Crippen molar-refractivity contribution in [3.8, 4) is 0 Å². The number of nitrogens with zero attached hydrogens (tertiary/aromatic N) is 2. The summed E-state index contributed by atoms with van der Waals surface area (Å²) in [6, 6.07) is 9.08. The first-order chi connectivity index (χ1) is 10.7. The first-order valence-corrected chi connectivity index (χ1v) is 7.42. The molecule has 1 heterocycles. The van der Waals surface area contributed by atoms with E-state index in [1.165, 1.54) is 17.2 Å². The van der Waals surface area contributed by atoms with Gasteiger partial charge in [-0.2, -0.15) is 0 Å². The molecule has 0 atom stereocenters. The van der Waals surface area contributed by atoms with E-state index >= 15 is 0 Å². The second kappa shape index (κ2) is 7.54. The molecule has 0 saturated heterocycles. The van der Waals surface area contributed by atoms with E-state index in [0.29, 0.717) is 0 Å². The van der Waals surface area contributed by atoms with Crippen molar-refractivity contribution in [3.05, 3.63) is 59.2 Å². The highest BCUT2D eigenvalue weighted by Gasteiger charge is 2.07. The van der Waals surface area contributed by atoms with Gasteiger partial charge >= 0.3 is 0 Å². The van der Waals surface area contributed by atoms with Gasteiger partial charge < -0.3 is 11.1 Å². The van der Waals surface area contributed by atoms with Gasteiger partial charge in [0.2, 0.25) is 0 Å². The standard InChI is InChI=1S/C17H21FN4/c1-3-12-7-5-8-13(4-2)16(12)22-17(19)21-11-15-14(18)9-6-10-20-15/h5-10H,3-4,11H2,1-2H3,(H3,19,21,22). The summed E-state index contributed by atoms with van der Waals surface area (Å²) in [7, 11) is 0. The summed E-state index contributed by atoms with van der Waals surface area (Å²) in [5, 5.41) is 3.15. The van der Waals surface area contributed by atoms with E-state index in [1.54, 1.807) is 12.3 Å². The molecular formula is C17H21FN4. The van der Waals surface area contributed by atoms with E-state index in [1.807, 2.05) is 6.07 Å². The van der Waals surface area contributed by atoms with Crippen LogP contribution in [0.5, 0.6) is 0 Å². The maximum atomic E-state index is 13.5. The third-order valence-electron chi connectivity index (χ3n) is 3.49. The number of rotatable bonds is 5. The zero-order valence-electron chi connectivity index (χ0n) is 12.9. The zero-order valence-corrected chi connectivity index (χ0v) is 12.9. The Balaban J connectivity index is 2.16. The highest BCUT2D eigenvalue weighted by Crippen LogP contribution is 2.22. The Morgan fingerprint density at radius 2 is 1.86 bits per heavy atom. The summed E-state index contributed by atoms with van der Waals surface area (Å²) in [4.78, 5) is 8.14. The molecule has 5 heteroatoms. The molecule has 0 amide bonds. The van der Waals surface area contributed by atoms with Crippen LogP contribution in [-0.2, 0) is 19.4 Å². The monoisotopic (exact) mass is 300 g/mol. The van der Waals surface area contributed by atoms with Crippen LogP contribution in [0.25, 0.3) is 0 Å². The second-order valence-corrected chi connectivity index (χ2v) is 4.92. The lowest BCUT2D eigenvalue weighted by Gasteiger charge is -2.14. The summed E-state index contributed by atoms with van der Waals surface area (Å²) < 4.78 is 13.5. The molecule has 116 valence electrons. The van der Waals surface area contributed by atoms with Gasteiger partial charge in [-0.15, -0.1) is 0 Å². The van der Waals surface area contributed by atoms with Crippen LogP contribution < -0.4 is 11.1 Å². The SMILES string of the molecule is CCc1cccc(CC)c1NC(N)=NCc1ncccc1F. The highest BCUT2D eigenvalue weighted by atomic mass is 19.1. The van der Waals surface area contributed by atoms with Gasteiger partial charge in [0, 0.05) is 11.9 Å². The first-order valence-electron chi connectivity index (χ1n) is 7.42. The van der Waals surface area contributed by atoms with Gasteiger partial charge in [-0.3, -0.25) is 4.98 Å². The number of pyridine rings is 1. The van der Waals surface area contributed by atoms with Gasteiger partial charge in [0.25, 0.3) is 0 Å². The summed E-state index contributed by atoms with van der Waals surface area (Å²) in [6.45, 7) is 4.30. The molecule has 3 N–H and O–H groups in total. The van der Waals surface area contributed by atoms with Crippen molar-refractivity contribution < 1.29 is 4.39 Å². The maximum Gasteiger partial charge on any atom is 0.193 e. The van der Waals surface area contributed by atoms with Crippen molar-refractivity contribution in [2.75, 3.05) is 5.32 Å². The fourth-order valence-corrected chi connectivity index (χ4v) is 2.27. The fraction of sp³-hybridized carbons (Fsp3) is 0.294. The van der Waals surface area contributed by atoms with Crippen LogP contribution in [0.3, 0.4) is 0 Å². The molecule has 22 heavy (non-hydrogen) atoms. The number of aliphatic imine (C=N–C) groups is 1. The Kier molecular flexibility index (Phi) is 5.47. The number of aromatic nitrogens is 1. The number of benzene rings is 1. The summed E-state index contributed by atoms with van der Waals surface area (Å²) in [5.41, 5.74) is 9.58. The number of para-hydroxylation sites is 1. The first kappa shape index (κ1) is 15.9. The fourth-order valence-electron chi connectivity index (χ4n) is 2.27. The minimum absolute atomic E-state index is 0.112. The molecule has 0 fully saturated rings. The average molecular weight is 300 g/mol. The van der Waals surface area contributed by atoms with E-state index in [4.69, 9.17) is 5.73 Å². The number of aryl methyl sites for hydroxylation is 2. The van der Waals surface area contributed by atoms with Crippen LogP contribution in [0, 0.1) is 5.82 Å². The topological polar surface area (TPSA) is 63.3 Å². The molecule has 0 spiro atoms. The van der Waals surface area contributed by atoms with Crippen LogP contribution in [0.4, 0.5) is 10.1 Å². The molecular weight excluding hydrogens is 279 g/mol. The highest BCUT2D eigenvalue weighted by molar-refractivity contribution is 5.93. The van der Waals surface area contributed by atoms with Gasteiger partial charge in [-0.25, -0.2) is 9.38 Å². The molecule has 1 aromatic heterocycles. The van der Waals surface area contributed by atoms with E-state index in [-0.39, 0.29) is 24.0 Å². The molecule has 0 unspecified atom stereocenters. The van der Waals surface area contributed by atoms with Gasteiger partial charge in [0.15, 0.2) is 5.96 Å². The van der Waals surface area contributed by atoms with Crippen LogP contribution in [0.1, 0.15) is 30.7 Å². The predicted molar refractivity (Wildman–Crippen MR) is 88.3 cm³/mol. The van der Waals surface area contributed by atoms with Gasteiger partial charge in [0.1, 0.15) is 5.82 Å². The molecule has 1 aromatic carbocycles. The number of nitrogens with one attached hydrogen (secondary N) is 1. The smallest absolute Gasteiger partial charge is 0.193 e. The lowest BCUT2D eigenvalue weighted by molar-refractivity contribution is 0.600. The molecule has 0 saturated carbocycles. The number of halogens is 1. The van der Waals surface area contributed by atoms with Crippen LogP contribution in [-0.4, -0.2) is 10.9 Å². The number of anilines is 1. The Hall–Kier alpha value is -2.43. The predicted octanol–water partition coefficient (Wildman–Crippen LogP) is 3.27. The molecule has 2 aromatic rings. The average Bonchev–Trinajstić information content (AvgIpc) is 2.54. The third-order valence-corrected chi connectivity index (χ3v) is 3.49. The van der Waals surface area contributed by atoms with Crippen LogP contribution in [0.15, 0.2) is 41.5 Å². The second-order valence-electron chi connectivity index (χ2n) is 4.92. The van der Waals surface area contributed by atoms with Crippen molar-refractivity contribution in [2.45, 2.75) is 33.2 Å². The number of nitrogens with two attached hydrogens (primary N) is 1. The minimum atomic E-state index is -0.373. The molecule has 0 aliphatic rings. The Bertz CT molecular complexity index is 645. The molecule has 4 nitrogen and oxygen atoms in total. The summed E-state index contributed by atoms with van der Waals surface area (Å²) in [6.07, 6.45) is 3.34. The Morgan fingerprint density at radius 1 is 1.18 bits per heavy atom. The number of hydrogen-bond donors (Lipinski definition) is 2. The van der Waals surface area contributed by atoms with Crippen molar-refractivity contribution in [3.63, 3.8) is 0 Å². The van der Waals surface area contributed by atoms with Crippen LogP contribution in [0.2, 0.25) is 0 Å². The molecule has 0 aliphatic carbocycles. The lowest BCUT2D eigenvalue weighted by atomic mass is 10.0. The Morgan fingerprint density at radius 3 is 2.45 bits per heavy atom. The maximum absolute atomic E-state index is 13.5. The molecule has 0 bridgehead atoms. The van der Waals surface area contributed by atoms with Gasteiger partial charge in [0.05, 0.1) is 12.2 Å². The molecule has 2 rings (SSSR count). The number of hydrogen-bond acceptors (Lipinski definition) is 2. The van der Waals surface area contributed by atoms with Gasteiger partial charge in [-0.1, -0.05) is 32.0 Å². The van der Waals surface area contributed by atoms with E-state index in [9.17, 15) is 4.39 Å². The van der Waals surface area contributed by atoms with Crippen molar-refractivity contribution in [1.29, 1.82) is 0 Å².